The van der Waals surface area contributed by atoms with E-state index in [1.165, 1.54) is 6.42 Å². The summed E-state index contributed by atoms with van der Waals surface area (Å²) in [5.41, 5.74) is 3.71. The molecule has 2 aromatic carbocycles. The number of hydrogen-bond donors (Lipinski definition) is 2. The van der Waals surface area contributed by atoms with Crippen LogP contribution in [0.25, 0.3) is 11.0 Å². The first-order valence-electron chi connectivity index (χ1n) is 11.2. The normalized spacial score (nSPS) is 14.5. The molecular weight excluding hydrogens is 388 g/mol. The summed E-state index contributed by atoms with van der Waals surface area (Å²) >= 11 is 0. The highest BCUT2D eigenvalue weighted by atomic mass is 16.2. The van der Waals surface area contributed by atoms with E-state index in [1.54, 1.807) is 0 Å². The van der Waals surface area contributed by atoms with E-state index in [2.05, 4.69) is 10.6 Å². The monoisotopic (exact) mass is 418 g/mol. The van der Waals surface area contributed by atoms with Gasteiger partial charge in [-0.1, -0.05) is 49.1 Å². The van der Waals surface area contributed by atoms with Gasteiger partial charge in [-0.05, 0) is 44.0 Å². The van der Waals surface area contributed by atoms with Gasteiger partial charge >= 0.3 is 0 Å². The molecule has 6 heteroatoms. The van der Waals surface area contributed by atoms with E-state index < -0.39 is 0 Å². The molecule has 0 bridgehead atoms. The van der Waals surface area contributed by atoms with Gasteiger partial charge in [0.05, 0.1) is 11.0 Å². The first kappa shape index (κ1) is 21.1. The number of imidazole rings is 1. The number of benzene rings is 2. The number of aryl methyl sites for hydroxylation is 1. The predicted octanol–water partition coefficient (Wildman–Crippen LogP) is 4.22. The Labute approximate surface area is 183 Å². The van der Waals surface area contributed by atoms with Crippen molar-refractivity contribution >= 4 is 28.5 Å². The lowest BCUT2D eigenvalue weighted by Gasteiger charge is -2.20. The highest BCUT2D eigenvalue weighted by Crippen LogP contribution is 2.23. The molecule has 1 aliphatic carbocycles. The van der Waals surface area contributed by atoms with Crippen LogP contribution in [0.4, 0.5) is 5.69 Å². The van der Waals surface area contributed by atoms with Gasteiger partial charge in [0.1, 0.15) is 12.4 Å². The summed E-state index contributed by atoms with van der Waals surface area (Å²) in [7, 11) is 0. The fourth-order valence-electron chi connectivity index (χ4n) is 4.28. The second-order valence-electron chi connectivity index (χ2n) is 8.39. The first-order valence-corrected chi connectivity index (χ1v) is 11.2. The average Bonchev–Trinajstić information content (AvgIpc) is 3.13. The van der Waals surface area contributed by atoms with Crippen LogP contribution in [-0.2, 0) is 22.6 Å². The summed E-state index contributed by atoms with van der Waals surface area (Å²) in [5.74, 6) is 1.01. The molecule has 2 N–H and O–H groups in total. The van der Waals surface area contributed by atoms with Crippen molar-refractivity contribution in [2.45, 2.75) is 52.0 Å². The molecule has 1 aliphatic rings. The van der Waals surface area contributed by atoms with Crippen LogP contribution in [0.2, 0.25) is 0 Å². The number of carbonyl (C=O) groups is 2. The van der Waals surface area contributed by atoms with Gasteiger partial charge < -0.3 is 15.2 Å². The van der Waals surface area contributed by atoms with E-state index in [9.17, 15) is 9.59 Å². The van der Waals surface area contributed by atoms with Crippen LogP contribution < -0.4 is 10.6 Å². The van der Waals surface area contributed by atoms with E-state index in [4.69, 9.17) is 4.98 Å². The van der Waals surface area contributed by atoms with E-state index in [0.717, 1.165) is 53.8 Å². The highest BCUT2D eigenvalue weighted by Gasteiger charge is 2.21. The number of carbonyl (C=O) groups excluding carboxylic acids is 2. The van der Waals surface area contributed by atoms with Crippen molar-refractivity contribution in [2.75, 3.05) is 11.9 Å². The first-order chi connectivity index (χ1) is 15.1. The maximum absolute atomic E-state index is 12.7. The van der Waals surface area contributed by atoms with Gasteiger partial charge in [0.25, 0.3) is 0 Å². The van der Waals surface area contributed by atoms with Gasteiger partial charge in [-0.3, -0.25) is 9.59 Å². The minimum atomic E-state index is -0.0977. The minimum Gasteiger partial charge on any atom is -0.355 e. The summed E-state index contributed by atoms with van der Waals surface area (Å²) in [6, 6.07) is 15.6. The topological polar surface area (TPSA) is 76.0 Å². The number of nitrogens with zero attached hydrogens (tertiary/aromatic N) is 2. The average molecular weight is 419 g/mol. The zero-order chi connectivity index (χ0) is 21.6. The lowest BCUT2D eigenvalue weighted by Crippen LogP contribution is -2.33. The SMILES string of the molecule is Cc1ccc(NC(=O)Cn2c(CCNC(=O)C3CCCCC3)nc3ccccc32)cc1. The van der Waals surface area contributed by atoms with Crippen molar-refractivity contribution in [3.05, 3.63) is 59.9 Å². The van der Waals surface area contributed by atoms with Crippen molar-refractivity contribution in [3.8, 4) is 0 Å². The van der Waals surface area contributed by atoms with E-state index in [-0.39, 0.29) is 24.3 Å². The second kappa shape index (κ2) is 9.77. The molecule has 4 rings (SSSR count). The van der Waals surface area contributed by atoms with Crippen LogP contribution in [0, 0.1) is 12.8 Å². The Morgan fingerprint density at radius 1 is 1.03 bits per heavy atom. The van der Waals surface area contributed by atoms with Crippen molar-refractivity contribution < 1.29 is 9.59 Å². The molecule has 2 amide bonds. The van der Waals surface area contributed by atoms with E-state index >= 15 is 0 Å². The van der Waals surface area contributed by atoms with Gasteiger partial charge in [0.2, 0.25) is 11.8 Å². The molecule has 0 spiro atoms. The molecule has 6 nitrogen and oxygen atoms in total. The standard InChI is InChI=1S/C25H30N4O2/c1-18-11-13-20(14-12-18)27-24(30)17-29-22-10-6-5-9-21(22)28-23(29)15-16-26-25(31)19-7-3-2-4-8-19/h5-6,9-14,19H,2-4,7-8,15-17H2,1H3,(H,26,31)(H,27,30). The van der Waals surface area contributed by atoms with Crippen molar-refractivity contribution in [3.63, 3.8) is 0 Å². The third-order valence-corrected chi connectivity index (χ3v) is 5.99. The number of aromatic nitrogens is 2. The van der Waals surface area contributed by atoms with Gasteiger partial charge in [0, 0.05) is 24.6 Å². The summed E-state index contributed by atoms with van der Waals surface area (Å²) in [6.45, 7) is 2.72. The largest absolute Gasteiger partial charge is 0.355 e. The van der Waals surface area contributed by atoms with Gasteiger partial charge in [-0.25, -0.2) is 4.98 Å². The Morgan fingerprint density at radius 2 is 1.77 bits per heavy atom. The maximum atomic E-state index is 12.7. The third kappa shape index (κ3) is 5.32. The van der Waals surface area contributed by atoms with Crippen LogP contribution in [0.3, 0.4) is 0 Å². The van der Waals surface area contributed by atoms with Crippen LogP contribution in [0.1, 0.15) is 43.5 Å². The quantitative estimate of drug-likeness (QED) is 0.603. The molecule has 0 radical (unpaired) electrons. The molecule has 1 fully saturated rings. The molecule has 1 heterocycles. The predicted molar refractivity (Wildman–Crippen MR) is 123 cm³/mol. The lowest BCUT2D eigenvalue weighted by molar-refractivity contribution is -0.125. The lowest BCUT2D eigenvalue weighted by atomic mass is 9.89. The number of para-hydroxylation sites is 2. The maximum Gasteiger partial charge on any atom is 0.244 e. The van der Waals surface area contributed by atoms with Gasteiger partial charge in [-0.2, -0.15) is 0 Å². The summed E-state index contributed by atoms with van der Waals surface area (Å²) in [5, 5.41) is 6.04. The van der Waals surface area contributed by atoms with Crippen molar-refractivity contribution in [2.24, 2.45) is 5.92 Å². The Balaban J connectivity index is 1.43. The number of amides is 2. The summed E-state index contributed by atoms with van der Waals surface area (Å²) < 4.78 is 1.95. The van der Waals surface area contributed by atoms with Crippen molar-refractivity contribution in [1.29, 1.82) is 0 Å². The van der Waals surface area contributed by atoms with E-state index in [0.29, 0.717) is 13.0 Å². The zero-order valence-electron chi connectivity index (χ0n) is 18.1. The molecule has 0 unspecified atom stereocenters. The number of fused-ring (bicyclic) bond motifs is 1. The number of anilines is 1. The fraction of sp³-hybridized carbons (Fsp3) is 0.400. The molecule has 31 heavy (non-hydrogen) atoms. The molecule has 3 aromatic rings. The van der Waals surface area contributed by atoms with Crippen LogP contribution >= 0.6 is 0 Å². The Kier molecular flexibility index (Phi) is 6.65. The van der Waals surface area contributed by atoms with Gasteiger partial charge in [-0.15, -0.1) is 0 Å². The summed E-state index contributed by atoms with van der Waals surface area (Å²) in [6.07, 6.45) is 6.09. The molecule has 0 aliphatic heterocycles. The minimum absolute atomic E-state index is 0.0977. The molecule has 162 valence electrons. The van der Waals surface area contributed by atoms with Gasteiger partial charge in [0.15, 0.2) is 0 Å². The number of hydrogen-bond acceptors (Lipinski definition) is 3. The third-order valence-electron chi connectivity index (χ3n) is 5.99. The number of nitrogens with one attached hydrogen (secondary N) is 2. The highest BCUT2D eigenvalue weighted by molar-refractivity contribution is 5.91. The Morgan fingerprint density at radius 3 is 2.55 bits per heavy atom. The van der Waals surface area contributed by atoms with E-state index in [1.807, 2.05) is 60.0 Å². The molecule has 0 atom stereocenters. The van der Waals surface area contributed by atoms with Crippen LogP contribution in [-0.4, -0.2) is 27.9 Å². The molecular formula is C25H30N4O2. The zero-order valence-corrected chi connectivity index (χ0v) is 18.1. The number of rotatable bonds is 7. The van der Waals surface area contributed by atoms with Crippen molar-refractivity contribution in [1.82, 2.24) is 14.9 Å². The summed E-state index contributed by atoms with van der Waals surface area (Å²) in [4.78, 5) is 29.9. The van der Waals surface area contributed by atoms with Crippen LogP contribution in [0.5, 0.6) is 0 Å². The molecule has 1 saturated carbocycles. The Hall–Kier alpha value is -3.15. The second-order valence-corrected chi connectivity index (χ2v) is 8.39. The molecule has 1 aromatic heterocycles. The Bertz CT molecular complexity index is 1050. The molecule has 0 saturated heterocycles. The fourth-order valence-corrected chi connectivity index (χ4v) is 4.28. The van der Waals surface area contributed by atoms with Crippen LogP contribution in [0.15, 0.2) is 48.5 Å². The smallest absolute Gasteiger partial charge is 0.244 e.